The summed E-state index contributed by atoms with van der Waals surface area (Å²) in [5.41, 5.74) is 2.87. The van der Waals surface area contributed by atoms with Crippen LogP contribution in [0.3, 0.4) is 0 Å². The van der Waals surface area contributed by atoms with Crippen molar-refractivity contribution in [2.75, 3.05) is 35.5 Å². The number of hydrogen-bond acceptors (Lipinski definition) is 8. The molecule has 0 heterocycles. The quantitative estimate of drug-likeness (QED) is 0.295. The van der Waals surface area contributed by atoms with Crippen LogP contribution in [0.4, 0.5) is 0 Å². The Morgan fingerprint density at radius 3 is 1.54 bits per heavy atom. The van der Waals surface area contributed by atoms with Gasteiger partial charge in [-0.05, 0) is 71.8 Å². The second kappa shape index (κ2) is 12.3. The molecular weight excluding hydrogens is 476 g/mol. The van der Waals surface area contributed by atoms with Crippen LogP contribution in [0, 0.1) is 0 Å². The third-order valence-electron chi connectivity index (χ3n) is 6.20. The fraction of sp³-hybridized carbons (Fsp3) is 0.379. The summed E-state index contributed by atoms with van der Waals surface area (Å²) in [5.74, 6) is 2.47. The van der Waals surface area contributed by atoms with Crippen molar-refractivity contribution in [1.29, 1.82) is 0 Å². The van der Waals surface area contributed by atoms with Gasteiger partial charge in [0.15, 0.2) is 34.5 Å². The fourth-order valence-electron chi connectivity index (χ4n) is 4.24. The van der Waals surface area contributed by atoms with Gasteiger partial charge in [0.1, 0.15) is 0 Å². The van der Waals surface area contributed by atoms with Gasteiger partial charge >= 0.3 is 0 Å². The van der Waals surface area contributed by atoms with Crippen LogP contribution >= 0.6 is 0 Å². The number of phenolic OH excluding ortho intramolecular Hbond substituents is 2. The van der Waals surface area contributed by atoms with E-state index >= 15 is 0 Å². The molecule has 0 fully saturated rings. The molecule has 200 valence electrons. The highest BCUT2D eigenvalue weighted by atomic mass is 16.5. The summed E-state index contributed by atoms with van der Waals surface area (Å²) >= 11 is 0. The molecule has 3 rings (SSSR count). The first-order valence-corrected chi connectivity index (χ1v) is 12.1. The first-order valence-electron chi connectivity index (χ1n) is 12.1. The van der Waals surface area contributed by atoms with Crippen LogP contribution in [-0.2, 0) is 12.8 Å². The van der Waals surface area contributed by atoms with Crippen LogP contribution in [-0.4, -0.2) is 45.8 Å². The first-order chi connectivity index (χ1) is 17.8. The van der Waals surface area contributed by atoms with Gasteiger partial charge in [0, 0.05) is 0 Å². The minimum atomic E-state index is -0.0978. The number of aromatic hydroxyl groups is 2. The van der Waals surface area contributed by atoms with Crippen molar-refractivity contribution in [2.45, 2.75) is 39.0 Å². The fourth-order valence-corrected chi connectivity index (χ4v) is 4.24. The molecule has 8 heteroatoms. The summed E-state index contributed by atoms with van der Waals surface area (Å²) in [6.07, 6.45) is 2.38. The van der Waals surface area contributed by atoms with Gasteiger partial charge in [-0.3, -0.25) is 0 Å². The van der Waals surface area contributed by atoms with Crippen molar-refractivity contribution in [2.24, 2.45) is 0 Å². The number of aryl methyl sites for hydroxylation is 1. The zero-order valence-corrected chi connectivity index (χ0v) is 22.5. The molecule has 0 aromatic heterocycles. The number of phenols is 2. The lowest BCUT2D eigenvalue weighted by Crippen LogP contribution is -2.03. The molecule has 3 aromatic carbocycles. The van der Waals surface area contributed by atoms with Gasteiger partial charge in [-0.2, -0.15) is 0 Å². The third-order valence-corrected chi connectivity index (χ3v) is 6.20. The van der Waals surface area contributed by atoms with E-state index in [0.29, 0.717) is 40.9 Å². The number of hydrogen-bond donors (Lipinski definition) is 2. The molecule has 0 saturated heterocycles. The zero-order valence-electron chi connectivity index (χ0n) is 22.5. The third kappa shape index (κ3) is 6.07. The Bertz CT molecular complexity index is 1170. The average Bonchev–Trinajstić information content (AvgIpc) is 2.90. The molecule has 0 saturated carbocycles. The minimum absolute atomic E-state index is 0.0336. The molecule has 0 spiro atoms. The molecule has 8 nitrogen and oxygen atoms in total. The number of benzene rings is 3. The Hall–Kier alpha value is -3.94. The summed E-state index contributed by atoms with van der Waals surface area (Å²) in [5, 5.41) is 21.0. The van der Waals surface area contributed by atoms with Gasteiger partial charge in [-0.25, -0.2) is 0 Å². The highest BCUT2D eigenvalue weighted by Gasteiger charge is 2.21. The molecule has 0 aliphatic heterocycles. The van der Waals surface area contributed by atoms with Crippen LogP contribution in [0.5, 0.6) is 51.7 Å². The molecule has 1 unspecified atom stereocenters. The molecule has 0 aliphatic rings. The molecule has 0 amide bonds. The maximum absolute atomic E-state index is 10.7. The topological polar surface area (TPSA) is 95.8 Å². The van der Waals surface area contributed by atoms with E-state index in [0.717, 1.165) is 29.5 Å². The largest absolute Gasteiger partial charge is 0.502 e. The van der Waals surface area contributed by atoms with Gasteiger partial charge in [-0.1, -0.05) is 20.3 Å². The van der Waals surface area contributed by atoms with Gasteiger partial charge in [0.25, 0.3) is 0 Å². The average molecular weight is 513 g/mol. The maximum atomic E-state index is 10.7. The van der Waals surface area contributed by atoms with E-state index in [4.69, 9.17) is 28.4 Å². The summed E-state index contributed by atoms with van der Waals surface area (Å²) in [7, 11) is 7.62. The number of methoxy groups -OCH3 is 5. The smallest absolute Gasteiger partial charge is 0.211 e. The van der Waals surface area contributed by atoms with Gasteiger partial charge < -0.3 is 38.6 Å². The Morgan fingerprint density at radius 1 is 0.622 bits per heavy atom. The first kappa shape index (κ1) is 27.6. The lowest BCUT2D eigenvalue weighted by atomic mass is 9.92. The standard InChI is InChI=1S/C29H36O8/c1-8-9-18-11-21(32-3)28(31)24(12-18)37-29-25(35-6)13-19(14-26(29)36-7)10-17(2)20-15-22(33-4)27(30)23(16-20)34-5/h11-17,30-31H,8-10H2,1-7H3. The second-order valence-corrected chi connectivity index (χ2v) is 8.71. The SMILES string of the molecule is CCCc1cc(OC)c(O)c(Oc2c(OC)cc(CC(C)c3cc(OC)c(O)c(OC)c3)cc2OC)c1. The highest BCUT2D eigenvalue weighted by Crippen LogP contribution is 2.47. The van der Waals surface area contributed by atoms with Crippen LogP contribution in [0.2, 0.25) is 0 Å². The maximum Gasteiger partial charge on any atom is 0.211 e. The Balaban J connectivity index is 1.97. The normalized spacial score (nSPS) is 11.5. The van der Waals surface area contributed by atoms with E-state index < -0.39 is 0 Å². The van der Waals surface area contributed by atoms with E-state index in [1.54, 1.807) is 38.5 Å². The molecule has 0 aliphatic carbocycles. The molecule has 0 bridgehead atoms. The van der Waals surface area contributed by atoms with E-state index in [9.17, 15) is 10.2 Å². The van der Waals surface area contributed by atoms with Crippen molar-refractivity contribution < 1.29 is 38.6 Å². The van der Waals surface area contributed by atoms with Gasteiger partial charge in [0.2, 0.25) is 17.2 Å². The predicted molar refractivity (Wildman–Crippen MR) is 142 cm³/mol. The number of ether oxygens (including phenoxy) is 6. The Labute approximate surface area is 218 Å². The monoisotopic (exact) mass is 512 g/mol. The molecule has 2 N–H and O–H groups in total. The summed E-state index contributed by atoms with van der Waals surface area (Å²) in [6, 6.07) is 11.0. The van der Waals surface area contributed by atoms with Crippen LogP contribution in [0.25, 0.3) is 0 Å². The highest BCUT2D eigenvalue weighted by molar-refractivity contribution is 5.60. The summed E-state index contributed by atoms with van der Waals surface area (Å²) < 4.78 is 33.4. The van der Waals surface area contributed by atoms with Crippen molar-refractivity contribution in [3.8, 4) is 51.7 Å². The minimum Gasteiger partial charge on any atom is -0.502 e. The van der Waals surface area contributed by atoms with Crippen molar-refractivity contribution in [3.63, 3.8) is 0 Å². The van der Waals surface area contributed by atoms with Gasteiger partial charge in [-0.15, -0.1) is 0 Å². The van der Waals surface area contributed by atoms with E-state index in [2.05, 4.69) is 13.8 Å². The van der Waals surface area contributed by atoms with E-state index in [1.165, 1.54) is 21.3 Å². The second-order valence-electron chi connectivity index (χ2n) is 8.71. The Morgan fingerprint density at radius 2 is 1.05 bits per heavy atom. The van der Waals surface area contributed by atoms with Crippen LogP contribution in [0.1, 0.15) is 42.9 Å². The predicted octanol–water partition coefficient (Wildman–Crippen LogP) is 6.23. The van der Waals surface area contributed by atoms with Crippen LogP contribution < -0.4 is 28.4 Å². The van der Waals surface area contributed by atoms with Crippen molar-refractivity contribution >= 4 is 0 Å². The molecule has 37 heavy (non-hydrogen) atoms. The van der Waals surface area contributed by atoms with Crippen LogP contribution in [0.15, 0.2) is 36.4 Å². The lowest BCUT2D eigenvalue weighted by Gasteiger charge is -2.20. The molecule has 0 radical (unpaired) electrons. The lowest BCUT2D eigenvalue weighted by molar-refractivity contribution is 0.326. The summed E-state index contributed by atoms with van der Waals surface area (Å²) in [4.78, 5) is 0. The van der Waals surface area contributed by atoms with Crippen molar-refractivity contribution in [1.82, 2.24) is 0 Å². The van der Waals surface area contributed by atoms with Crippen molar-refractivity contribution in [3.05, 3.63) is 53.1 Å². The van der Waals surface area contributed by atoms with E-state index in [1.807, 2.05) is 12.1 Å². The summed E-state index contributed by atoms with van der Waals surface area (Å²) in [6.45, 7) is 4.15. The zero-order chi connectivity index (χ0) is 27.1. The molecule has 1 atom stereocenters. The van der Waals surface area contributed by atoms with Gasteiger partial charge in [0.05, 0.1) is 35.5 Å². The van der Waals surface area contributed by atoms with E-state index in [-0.39, 0.29) is 23.2 Å². The number of rotatable bonds is 12. The Kier molecular flexibility index (Phi) is 9.22. The molecular formula is C29H36O8. The molecule has 3 aromatic rings.